The molecule has 0 bridgehead atoms. The van der Waals surface area contributed by atoms with Gasteiger partial charge >= 0.3 is 0 Å². The molecule has 1 fully saturated rings. The van der Waals surface area contributed by atoms with E-state index in [1.165, 1.54) is 17.5 Å². The van der Waals surface area contributed by atoms with Crippen LogP contribution in [0.2, 0.25) is 0 Å². The molecule has 3 heterocycles. The van der Waals surface area contributed by atoms with Crippen LogP contribution in [0.4, 0.5) is 5.82 Å². The molecule has 1 atom stereocenters. The van der Waals surface area contributed by atoms with Crippen molar-refractivity contribution in [3.05, 3.63) is 58.6 Å². The van der Waals surface area contributed by atoms with E-state index in [0.717, 1.165) is 28.5 Å². The van der Waals surface area contributed by atoms with Crippen LogP contribution >= 0.6 is 11.3 Å². The zero-order valence-corrected chi connectivity index (χ0v) is 15.5. The maximum absolute atomic E-state index is 12.9. The van der Waals surface area contributed by atoms with E-state index in [1.54, 1.807) is 12.1 Å². The Morgan fingerprint density at radius 1 is 1.22 bits per heavy atom. The molecule has 1 aliphatic heterocycles. The molecular formula is C20H20N4O2S. The van der Waals surface area contributed by atoms with Crippen LogP contribution in [0, 0.1) is 0 Å². The monoisotopic (exact) mass is 380 g/mol. The minimum absolute atomic E-state index is 0.0335. The molecule has 1 aromatic carbocycles. The van der Waals surface area contributed by atoms with Crippen molar-refractivity contribution in [3.8, 4) is 0 Å². The lowest BCUT2D eigenvalue weighted by molar-refractivity contribution is 0.0736. The first-order chi connectivity index (χ1) is 13.0. The third-order valence-electron chi connectivity index (χ3n) is 5.03. The number of likely N-dealkylation sites (tertiary alicyclic amines) is 1. The van der Waals surface area contributed by atoms with E-state index in [-0.39, 0.29) is 11.9 Å². The molecule has 138 valence electrons. The number of aromatic nitrogens is 1. The Morgan fingerprint density at radius 2 is 2.04 bits per heavy atom. The highest BCUT2D eigenvalue weighted by atomic mass is 32.1. The molecule has 0 saturated carbocycles. The molecule has 4 N–H and O–H groups in total. The van der Waals surface area contributed by atoms with E-state index in [4.69, 9.17) is 11.5 Å². The van der Waals surface area contributed by atoms with Crippen molar-refractivity contribution in [1.29, 1.82) is 0 Å². The van der Waals surface area contributed by atoms with Crippen LogP contribution < -0.4 is 11.5 Å². The minimum atomic E-state index is -0.412. The fraction of sp³-hybridized carbons (Fsp3) is 0.250. The number of carbonyl (C=O) groups is 2. The zero-order valence-electron chi connectivity index (χ0n) is 14.7. The number of amides is 2. The Balaban J connectivity index is 1.65. The van der Waals surface area contributed by atoms with Gasteiger partial charge in [0.1, 0.15) is 5.82 Å². The van der Waals surface area contributed by atoms with Gasteiger partial charge < -0.3 is 16.4 Å². The van der Waals surface area contributed by atoms with Gasteiger partial charge in [0.2, 0.25) is 0 Å². The van der Waals surface area contributed by atoms with Gasteiger partial charge in [-0.2, -0.15) is 0 Å². The van der Waals surface area contributed by atoms with Gasteiger partial charge in [0.25, 0.3) is 11.8 Å². The van der Waals surface area contributed by atoms with Gasteiger partial charge in [0.15, 0.2) is 0 Å². The van der Waals surface area contributed by atoms with Gasteiger partial charge in [-0.05, 0) is 48.4 Å². The van der Waals surface area contributed by atoms with Crippen molar-refractivity contribution in [2.24, 2.45) is 5.73 Å². The second-order valence-electron chi connectivity index (χ2n) is 6.74. The van der Waals surface area contributed by atoms with Crippen LogP contribution in [0.15, 0.2) is 42.6 Å². The van der Waals surface area contributed by atoms with Gasteiger partial charge in [-0.15, -0.1) is 11.3 Å². The van der Waals surface area contributed by atoms with E-state index in [0.29, 0.717) is 29.2 Å². The highest BCUT2D eigenvalue weighted by Crippen LogP contribution is 2.34. The molecule has 2 aromatic heterocycles. The van der Waals surface area contributed by atoms with E-state index < -0.39 is 5.91 Å². The molecule has 3 aromatic rings. The second kappa shape index (κ2) is 7.00. The number of hydrogen-bond acceptors (Lipinski definition) is 5. The quantitative estimate of drug-likeness (QED) is 0.726. The highest BCUT2D eigenvalue weighted by molar-refractivity contribution is 7.21. The molecule has 6 nitrogen and oxygen atoms in total. The van der Waals surface area contributed by atoms with Crippen LogP contribution in [0.3, 0.4) is 0 Å². The summed E-state index contributed by atoms with van der Waals surface area (Å²) in [5.41, 5.74) is 12.7. The summed E-state index contributed by atoms with van der Waals surface area (Å²) in [7, 11) is 0. The molecule has 1 aliphatic rings. The lowest BCUT2D eigenvalue weighted by Gasteiger charge is -2.25. The number of benzene rings is 1. The third kappa shape index (κ3) is 3.26. The SMILES string of the molecule is NC(=O)c1sc2ccccc2c1CC1CCCN1C(=O)c1ccc(N)nc1. The molecular weight excluding hydrogens is 360 g/mol. The molecule has 0 spiro atoms. The number of fused-ring (bicyclic) bond motifs is 1. The number of anilines is 1. The summed E-state index contributed by atoms with van der Waals surface area (Å²) in [5.74, 6) is -0.0738. The molecule has 4 rings (SSSR count). The summed E-state index contributed by atoms with van der Waals surface area (Å²) in [6, 6.07) is 11.3. The Kier molecular flexibility index (Phi) is 4.53. The van der Waals surface area contributed by atoms with Crippen molar-refractivity contribution < 1.29 is 9.59 Å². The van der Waals surface area contributed by atoms with E-state index in [2.05, 4.69) is 4.98 Å². The number of carbonyl (C=O) groups excluding carboxylic acids is 2. The summed E-state index contributed by atoms with van der Waals surface area (Å²) < 4.78 is 1.04. The van der Waals surface area contributed by atoms with E-state index in [9.17, 15) is 9.59 Å². The summed E-state index contributed by atoms with van der Waals surface area (Å²) in [4.78, 5) is 31.4. The Labute approximate surface area is 160 Å². The molecule has 0 aliphatic carbocycles. The predicted molar refractivity (Wildman–Crippen MR) is 107 cm³/mol. The Hall–Kier alpha value is -2.93. The standard InChI is InChI=1S/C20H20N4O2S/c21-17-8-7-12(11-23-17)20(26)24-9-3-4-13(24)10-15-14-5-1-2-6-16(14)27-18(15)19(22)25/h1-2,5-8,11,13H,3-4,9-10H2,(H2,21,23)(H2,22,25). The van der Waals surface area contributed by atoms with Crippen LogP contribution in [0.5, 0.6) is 0 Å². The minimum Gasteiger partial charge on any atom is -0.384 e. The maximum atomic E-state index is 12.9. The summed E-state index contributed by atoms with van der Waals surface area (Å²) in [6.45, 7) is 0.696. The van der Waals surface area contributed by atoms with Crippen LogP contribution in [0.1, 0.15) is 38.4 Å². The average molecular weight is 380 g/mol. The number of nitrogens with zero attached hydrogens (tertiary/aromatic N) is 2. The van der Waals surface area contributed by atoms with Gasteiger partial charge in [0.05, 0.1) is 10.4 Å². The number of nitrogen functional groups attached to an aromatic ring is 1. The van der Waals surface area contributed by atoms with Crippen molar-refractivity contribution in [2.45, 2.75) is 25.3 Å². The number of hydrogen-bond donors (Lipinski definition) is 2. The topological polar surface area (TPSA) is 102 Å². The first-order valence-electron chi connectivity index (χ1n) is 8.87. The maximum Gasteiger partial charge on any atom is 0.259 e. The number of pyridine rings is 1. The van der Waals surface area contributed by atoms with Crippen LogP contribution in [-0.4, -0.2) is 34.3 Å². The third-order valence-corrected chi connectivity index (χ3v) is 6.26. The first kappa shape index (κ1) is 17.5. The second-order valence-corrected chi connectivity index (χ2v) is 7.79. The largest absolute Gasteiger partial charge is 0.384 e. The lowest BCUT2D eigenvalue weighted by Crippen LogP contribution is -2.37. The predicted octanol–water partition coefficient (Wildman–Crippen LogP) is 2.82. The Bertz CT molecular complexity index is 1010. The first-order valence-corrected chi connectivity index (χ1v) is 9.69. The summed E-state index contributed by atoms with van der Waals surface area (Å²) in [6.07, 6.45) is 3.97. The fourth-order valence-corrected chi connectivity index (χ4v) is 4.83. The number of thiophene rings is 1. The highest BCUT2D eigenvalue weighted by Gasteiger charge is 2.31. The smallest absolute Gasteiger partial charge is 0.259 e. The normalized spacial score (nSPS) is 16.7. The van der Waals surface area contributed by atoms with Crippen molar-refractivity contribution in [2.75, 3.05) is 12.3 Å². The number of primary amides is 1. The zero-order chi connectivity index (χ0) is 19.0. The molecule has 0 radical (unpaired) electrons. The van der Waals surface area contributed by atoms with Crippen molar-refractivity contribution in [1.82, 2.24) is 9.88 Å². The van der Waals surface area contributed by atoms with Crippen molar-refractivity contribution in [3.63, 3.8) is 0 Å². The molecule has 1 saturated heterocycles. The molecule has 27 heavy (non-hydrogen) atoms. The molecule has 1 unspecified atom stereocenters. The summed E-state index contributed by atoms with van der Waals surface area (Å²) >= 11 is 1.42. The number of rotatable bonds is 4. The van der Waals surface area contributed by atoms with Crippen molar-refractivity contribution >= 4 is 39.1 Å². The van der Waals surface area contributed by atoms with Crippen LogP contribution in [0.25, 0.3) is 10.1 Å². The van der Waals surface area contributed by atoms with Gasteiger partial charge in [0, 0.05) is 23.5 Å². The molecule has 2 amide bonds. The van der Waals surface area contributed by atoms with E-state index >= 15 is 0 Å². The van der Waals surface area contributed by atoms with E-state index in [1.807, 2.05) is 29.2 Å². The lowest BCUT2D eigenvalue weighted by atomic mass is 10.00. The fourth-order valence-electron chi connectivity index (χ4n) is 3.75. The number of nitrogens with two attached hydrogens (primary N) is 2. The van der Waals surface area contributed by atoms with Crippen LogP contribution in [-0.2, 0) is 6.42 Å². The Morgan fingerprint density at radius 3 is 2.78 bits per heavy atom. The molecule has 7 heteroatoms. The average Bonchev–Trinajstić information content (AvgIpc) is 3.27. The van der Waals surface area contributed by atoms with Gasteiger partial charge in [-0.25, -0.2) is 4.98 Å². The van der Waals surface area contributed by atoms with Gasteiger partial charge in [-0.3, -0.25) is 9.59 Å². The van der Waals surface area contributed by atoms with Gasteiger partial charge in [-0.1, -0.05) is 18.2 Å². The summed E-state index contributed by atoms with van der Waals surface area (Å²) in [5, 5.41) is 1.05.